The fourth-order valence-corrected chi connectivity index (χ4v) is 9.85. The standard InChI is InChI=1S/C47H43FN6O5/c48-33-23-47(17-8-18-53(47)25-33)29-58-45-50-41-21-39(38-20-36(19-31-11-4-6-13-37(31)38)57-28-30-9-2-1-3-10-30)43(59-42-14-7-5-12-32(42)24-49)22-40(41)44(51-45)52-26-34-15-16-35(27-52)54(34)46(55)56/h1-7,9-14,19-22,33-35H,8,15-18,23,25-29H2,(H,55,56)/t33-,34-,35+,47+/m1/s1. The number of carboxylic acid groups (broad SMARTS) is 1. The first kappa shape index (κ1) is 36.9. The molecule has 0 radical (unpaired) electrons. The van der Waals surface area contributed by atoms with E-state index in [1.807, 2.05) is 72.8 Å². The average molecular weight is 791 g/mol. The molecular formula is C47H43FN6O5. The quantitative estimate of drug-likeness (QED) is 0.144. The summed E-state index contributed by atoms with van der Waals surface area (Å²) in [4.78, 5) is 28.4. The van der Waals surface area contributed by atoms with Crippen molar-refractivity contribution in [3.05, 3.63) is 114 Å². The number of benzene rings is 5. The number of alkyl halides is 1. The Hall–Kier alpha value is -6.45. The van der Waals surface area contributed by atoms with E-state index in [0.29, 0.717) is 72.2 Å². The fourth-order valence-electron chi connectivity index (χ4n) is 9.85. The van der Waals surface area contributed by atoms with Crippen LogP contribution in [0.15, 0.2) is 103 Å². The highest BCUT2D eigenvalue weighted by Gasteiger charge is 2.49. The lowest BCUT2D eigenvalue weighted by atomic mass is 9.95. The van der Waals surface area contributed by atoms with Crippen molar-refractivity contribution in [1.82, 2.24) is 19.8 Å². The lowest BCUT2D eigenvalue weighted by molar-refractivity contribution is 0.107. The molecule has 5 heterocycles. The molecule has 0 spiro atoms. The van der Waals surface area contributed by atoms with Gasteiger partial charge in [0.25, 0.3) is 0 Å². The summed E-state index contributed by atoms with van der Waals surface area (Å²) in [7, 11) is 0. The molecule has 0 saturated carbocycles. The van der Waals surface area contributed by atoms with Gasteiger partial charge < -0.3 is 24.2 Å². The summed E-state index contributed by atoms with van der Waals surface area (Å²) in [5.74, 6) is 2.16. The Morgan fingerprint density at radius 3 is 2.46 bits per heavy atom. The summed E-state index contributed by atoms with van der Waals surface area (Å²) in [6, 6.07) is 35.3. The average Bonchev–Trinajstić information content (AvgIpc) is 3.88. The number of carbonyl (C=O) groups is 1. The second-order valence-electron chi connectivity index (χ2n) is 16.2. The van der Waals surface area contributed by atoms with E-state index in [0.717, 1.165) is 59.7 Å². The van der Waals surface area contributed by atoms with Crippen LogP contribution in [-0.4, -0.2) is 87.5 Å². The third-order valence-corrected chi connectivity index (χ3v) is 12.6. The number of aromatic nitrogens is 2. The number of hydrogen-bond donors (Lipinski definition) is 1. The molecule has 4 fully saturated rings. The van der Waals surface area contributed by atoms with Gasteiger partial charge in [-0.25, -0.2) is 9.18 Å². The first-order chi connectivity index (χ1) is 28.8. The Balaban J connectivity index is 1.14. The van der Waals surface area contributed by atoms with Gasteiger partial charge in [-0.05, 0) is 90.5 Å². The third kappa shape index (κ3) is 6.89. The van der Waals surface area contributed by atoms with E-state index >= 15 is 0 Å². The number of nitriles is 1. The molecule has 4 saturated heterocycles. The van der Waals surface area contributed by atoms with E-state index in [1.165, 1.54) is 0 Å². The van der Waals surface area contributed by atoms with Gasteiger partial charge in [-0.15, -0.1) is 0 Å². The van der Waals surface area contributed by atoms with E-state index in [9.17, 15) is 19.6 Å². The molecule has 1 amide bonds. The molecular weight excluding hydrogens is 748 g/mol. The van der Waals surface area contributed by atoms with Gasteiger partial charge in [0.15, 0.2) is 0 Å². The molecule has 298 valence electrons. The molecule has 4 aliphatic heterocycles. The summed E-state index contributed by atoms with van der Waals surface area (Å²) in [6.07, 6.45) is 1.97. The van der Waals surface area contributed by atoms with Crippen LogP contribution in [0.1, 0.15) is 43.2 Å². The topological polar surface area (TPSA) is 124 Å². The van der Waals surface area contributed by atoms with Crippen LogP contribution in [0.5, 0.6) is 23.3 Å². The number of amides is 1. The smallest absolute Gasteiger partial charge is 0.407 e. The highest BCUT2D eigenvalue weighted by molar-refractivity contribution is 6.03. The van der Waals surface area contributed by atoms with Crippen LogP contribution in [0.25, 0.3) is 32.8 Å². The van der Waals surface area contributed by atoms with Crippen molar-refractivity contribution in [3.63, 3.8) is 0 Å². The predicted molar refractivity (Wildman–Crippen MR) is 222 cm³/mol. The first-order valence-electron chi connectivity index (χ1n) is 20.3. The lowest BCUT2D eigenvalue weighted by Gasteiger charge is -2.40. The number of fused-ring (bicyclic) bond motifs is 5. The Morgan fingerprint density at radius 1 is 0.864 bits per heavy atom. The number of para-hydroxylation sites is 1. The van der Waals surface area contributed by atoms with E-state index in [2.05, 4.69) is 28.0 Å². The van der Waals surface area contributed by atoms with Crippen LogP contribution in [0.3, 0.4) is 0 Å². The van der Waals surface area contributed by atoms with E-state index in [-0.39, 0.29) is 24.7 Å². The number of ether oxygens (including phenoxy) is 3. The van der Waals surface area contributed by atoms with Crippen LogP contribution >= 0.6 is 0 Å². The van der Waals surface area contributed by atoms with Gasteiger partial charge in [-0.2, -0.15) is 15.2 Å². The SMILES string of the molecule is N#Cc1ccccc1Oc1cc2c(N3C[C@H]4CC[C@@H](C3)N4C(=O)O)nc(OC[C@@]34CCCN3C[C@H](F)C4)nc2cc1-c1cc(OCc2ccccc2)cc2ccccc12. The molecule has 4 aliphatic rings. The number of hydrogen-bond acceptors (Lipinski definition) is 9. The maximum atomic E-state index is 14.8. The molecule has 6 aromatic rings. The molecule has 10 rings (SSSR count). The van der Waals surface area contributed by atoms with Crippen LogP contribution in [0, 0.1) is 11.3 Å². The van der Waals surface area contributed by atoms with Crippen molar-refractivity contribution in [3.8, 4) is 40.5 Å². The highest BCUT2D eigenvalue weighted by atomic mass is 19.1. The minimum atomic E-state index is -0.907. The lowest BCUT2D eigenvalue weighted by Crippen LogP contribution is -2.55. The molecule has 5 aromatic carbocycles. The summed E-state index contributed by atoms with van der Waals surface area (Å²) in [5.41, 5.74) is 3.18. The van der Waals surface area contributed by atoms with Gasteiger partial charge in [-0.1, -0.05) is 66.7 Å². The summed E-state index contributed by atoms with van der Waals surface area (Å²) in [5, 5.41) is 22.8. The number of nitrogens with zero attached hydrogens (tertiary/aromatic N) is 6. The summed E-state index contributed by atoms with van der Waals surface area (Å²) >= 11 is 0. The number of anilines is 1. The van der Waals surface area contributed by atoms with E-state index in [4.69, 9.17) is 24.2 Å². The molecule has 0 unspecified atom stereocenters. The second-order valence-corrected chi connectivity index (χ2v) is 16.2. The summed E-state index contributed by atoms with van der Waals surface area (Å²) in [6.45, 7) is 2.80. The van der Waals surface area contributed by atoms with E-state index < -0.39 is 17.8 Å². The van der Waals surface area contributed by atoms with Crippen molar-refractivity contribution < 1.29 is 28.5 Å². The largest absolute Gasteiger partial charge is 0.489 e. The molecule has 59 heavy (non-hydrogen) atoms. The zero-order valence-electron chi connectivity index (χ0n) is 32.5. The minimum absolute atomic E-state index is 0.184. The number of halogens is 1. The minimum Gasteiger partial charge on any atom is -0.489 e. The Kier molecular flexibility index (Phi) is 9.40. The first-order valence-corrected chi connectivity index (χ1v) is 20.3. The zero-order chi connectivity index (χ0) is 40.1. The number of rotatable bonds is 10. The molecule has 4 atom stereocenters. The van der Waals surface area contributed by atoms with Crippen molar-refractivity contribution >= 4 is 33.6 Å². The monoisotopic (exact) mass is 790 g/mol. The summed E-state index contributed by atoms with van der Waals surface area (Å²) < 4.78 is 34.5. The van der Waals surface area contributed by atoms with Gasteiger partial charge in [-0.3, -0.25) is 9.80 Å². The molecule has 2 bridgehead atoms. The predicted octanol–water partition coefficient (Wildman–Crippen LogP) is 8.98. The molecule has 0 aliphatic carbocycles. The second kappa shape index (κ2) is 15.1. The highest BCUT2D eigenvalue weighted by Crippen LogP contribution is 2.45. The normalized spacial score (nSPS) is 22.4. The fraction of sp³-hybridized carbons (Fsp3) is 0.319. The van der Waals surface area contributed by atoms with Crippen molar-refractivity contribution in [1.29, 1.82) is 5.26 Å². The van der Waals surface area contributed by atoms with Crippen molar-refractivity contribution in [2.45, 2.75) is 62.5 Å². The van der Waals surface area contributed by atoms with Gasteiger partial charge >= 0.3 is 12.1 Å². The molecule has 11 nitrogen and oxygen atoms in total. The third-order valence-electron chi connectivity index (χ3n) is 12.6. The maximum absolute atomic E-state index is 14.8. The van der Waals surface area contributed by atoms with E-state index in [1.54, 1.807) is 23.1 Å². The van der Waals surface area contributed by atoms with Gasteiger partial charge in [0.05, 0.1) is 28.7 Å². The molecule has 1 aromatic heterocycles. The molecule has 1 N–H and O–H groups in total. The van der Waals surface area contributed by atoms with Gasteiger partial charge in [0, 0.05) is 37.0 Å². The van der Waals surface area contributed by atoms with Gasteiger partial charge in [0.1, 0.15) is 48.5 Å². The van der Waals surface area contributed by atoms with Gasteiger partial charge in [0.2, 0.25) is 0 Å². The van der Waals surface area contributed by atoms with Crippen molar-refractivity contribution in [2.24, 2.45) is 0 Å². The Morgan fingerprint density at radius 2 is 1.64 bits per heavy atom. The Bertz CT molecular complexity index is 2610. The zero-order valence-corrected chi connectivity index (χ0v) is 32.5. The van der Waals surface area contributed by atoms with Crippen LogP contribution in [0.4, 0.5) is 15.0 Å². The van der Waals surface area contributed by atoms with Crippen LogP contribution < -0.4 is 19.1 Å². The number of piperazine rings is 1. The van der Waals surface area contributed by atoms with Crippen molar-refractivity contribution in [2.75, 3.05) is 37.7 Å². The Labute approximate surface area is 341 Å². The maximum Gasteiger partial charge on any atom is 0.407 e. The van der Waals surface area contributed by atoms with Crippen LogP contribution in [0.2, 0.25) is 0 Å². The van der Waals surface area contributed by atoms with Crippen LogP contribution in [-0.2, 0) is 6.61 Å². The molecule has 12 heteroatoms.